The fourth-order valence-corrected chi connectivity index (χ4v) is 5.98. The second-order valence-electron chi connectivity index (χ2n) is 11.6. The van der Waals surface area contributed by atoms with Gasteiger partial charge < -0.3 is 5.32 Å². The van der Waals surface area contributed by atoms with E-state index >= 15 is 4.39 Å². The van der Waals surface area contributed by atoms with Crippen LogP contribution in [0.1, 0.15) is 68.9 Å². The van der Waals surface area contributed by atoms with Gasteiger partial charge in [0, 0.05) is 29.7 Å². The molecule has 1 aliphatic carbocycles. The smallest absolute Gasteiger partial charge is 0.323 e. The number of aromatic nitrogens is 8. The summed E-state index contributed by atoms with van der Waals surface area (Å²) in [5.74, 6) is -1.21. The van der Waals surface area contributed by atoms with Gasteiger partial charge in [-0.2, -0.15) is 13.9 Å². The van der Waals surface area contributed by atoms with E-state index in [1.807, 2.05) is 0 Å². The third-order valence-electron chi connectivity index (χ3n) is 8.45. The molecule has 0 radical (unpaired) electrons. The number of hydrogen-bond acceptors (Lipinski definition) is 7. The highest BCUT2D eigenvalue weighted by Gasteiger charge is 2.29. The van der Waals surface area contributed by atoms with Gasteiger partial charge in [-0.15, -0.1) is 5.10 Å². The number of amides is 1. The first-order valence-corrected chi connectivity index (χ1v) is 15.2. The van der Waals surface area contributed by atoms with Crippen molar-refractivity contribution in [1.82, 2.24) is 39.3 Å². The molecule has 5 heterocycles. The molecule has 2 unspecified atom stereocenters. The monoisotopic (exact) mass is 649 g/mol. The summed E-state index contributed by atoms with van der Waals surface area (Å²) in [4.78, 5) is 35.7. The molecule has 0 saturated heterocycles. The van der Waals surface area contributed by atoms with E-state index in [1.165, 1.54) is 46.2 Å². The molecular formula is C31H27ClF3N9O2. The first-order valence-electron chi connectivity index (χ1n) is 14.8. The third kappa shape index (κ3) is 5.46. The molecule has 4 aromatic heterocycles. The lowest BCUT2D eigenvalue weighted by atomic mass is 9.97. The standard InChI is InChI=1S/C31H27ClF3N9O2/c1-16-3-2-4-24(20-11-18(9-10-36-20)29-22(39-30(16)46)13-38-44(29)31(34)35)42-15-37-21(12-26(42)45)27-25(8-7-19(32)28(27)33)43-14-23(40-41-43)17-5-6-17/h7-17,24,31H,2-6H2,1H3,(H,39,46). The maximum Gasteiger partial charge on any atom is 0.333 e. The van der Waals surface area contributed by atoms with Crippen LogP contribution in [0.3, 0.4) is 0 Å². The zero-order valence-corrected chi connectivity index (χ0v) is 25.2. The quantitative estimate of drug-likeness (QED) is 0.242. The number of rotatable bonds is 5. The normalized spacial score (nSPS) is 18.5. The lowest BCUT2D eigenvalue weighted by Crippen LogP contribution is -2.27. The van der Waals surface area contributed by atoms with Crippen molar-refractivity contribution in [3.63, 3.8) is 0 Å². The highest BCUT2D eigenvalue weighted by atomic mass is 35.5. The molecule has 7 rings (SSSR count). The Morgan fingerprint density at radius 1 is 1.04 bits per heavy atom. The van der Waals surface area contributed by atoms with Crippen molar-refractivity contribution >= 4 is 23.2 Å². The van der Waals surface area contributed by atoms with Gasteiger partial charge in [-0.25, -0.2) is 18.7 Å². The van der Waals surface area contributed by atoms with Crippen LogP contribution in [0, 0.1) is 11.7 Å². The Morgan fingerprint density at radius 3 is 2.63 bits per heavy atom. The third-order valence-corrected chi connectivity index (χ3v) is 8.74. The van der Waals surface area contributed by atoms with Crippen molar-refractivity contribution in [3.8, 4) is 28.2 Å². The van der Waals surface area contributed by atoms with Gasteiger partial charge >= 0.3 is 6.55 Å². The van der Waals surface area contributed by atoms with Crippen LogP contribution in [0.2, 0.25) is 5.02 Å². The second kappa shape index (κ2) is 11.8. The number of anilines is 1. The predicted molar refractivity (Wildman–Crippen MR) is 162 cm³/mol. The molecule has 1 aliphatic heterocycles. The summed E-state index contributed by atoms with van der Waals surface area (Å²) in [7, 11) is 0. The molecule has 15 heteroatoms. The number of fused-ring (bicyclic) bond motifs is 4. The van der Waals surface area contributed by atoms with Gasteiger partial charge in [0.25, 0.3) is 5.56 Å². The number of carbonyl (C=O) groups excluding carboxylic acids is 1. The summed E-state index contributed by atoms with van der Waals surface area (Å²) in [6.45, 7) is -1.22. The molecule has 1 saturated carbocycles. The summed E-state index contributed by atoms with van der Waals surface area (Å²) >= 11 is 6.17. The molecule has 1 amide bonds. The van der Waals surface area contributed by atoms with Crippen molar-refractivity contribution in [2.45, 2.75) is 57.5 Å². The molecule has 5 aromatic rings. The van der Waals surface area contributed by atoms with Crippen molar-refractivity contribution in [2.75, 3.05) is 5.32 Å². The first kappa shape index (κ1) is 29.8. The Kier molecular flexibility index (Phi) is 7.67. The number of hydrogen-bond donors (Lipinski definition) is 1. The summed E-state index contributed by atoms with van der Waals surface area (Å²) in [6, 6.07) is 6.68. The summed E-state index contributed by atoms with van der Waals surface area (Å²) in [6.07, 6.45) is 9.10. The van der Waals surface area contributed by atoms with Crippen molar-refractivity contribution in [2.24, 2.45) is 5.92 Å². The molecule has 2 aliphatic rings. The van der Waals surface area contributed by atoms with Crippen LogP contribution >= 0.6 is 11.6 Å². The zero-order valence-electron chi connectivity index (χ0n) is 24.4. The highest BCUT2D eigenvalue weighted by molar-refractivity contribution is 6.31. The largest absolute Gasteiger partial charge is 0.333 e. The Hall–Kier alpha value is -4.85. The summed E-state index contributed by atoms with van der Waals surface area (Å²) in [5, 5.41) is 14.8. The SMILES string of the molecule is CC1CCCC(n2cnc(-c3c(-n4cc(C5CC5)nn4)ccc(Cl)c3F)cc2=O)c2cc(ccn2)-c2c(cnn2C(F)F)NC1=O. The molecule has 2 atom stereocenters. The van der Waals surface area contributed by atoms with Crippen LogP contribution in [0.5, 0.6) is 0 Å². The lowest BCUT2D eigenvalue weighted by Gasteiger charge is -2.22. The zero-order chi connectivity index (χ0) is 32.1. The highest BCUT2D eigenvalue weighted by Crippen LogP contribution is 2.40. The van der Waals surface area contributed by atoms with E-state index in [4.69, 9.17) is 11.6 Å². The van der Waals surface area contributed by atoms with Gasteiger partial charge in [-0.05, 0) is 49.9 Å². The number of alkyl halides is 2. The number of nitrogens with zero attached hydrogens (tertiary/aromatic N) is 8. The minimum Gasteiger partial charge on any atom is -0.323 e. The summed E-state index contributed by atoms with van der Waals surface area (Å²) < 4.78 is 46.9. The van der Waals surface area contributed by atoms with Crippen LogP contribution in [0.4, 0.5) is 18.9 Å². The predicted octanol–water partition coefficient (Wildman–Crippen LogP) is 6.16. The molecule has 1 N–H and O–H groups in total. The number of halogens is 4. The second-order valence-corrected chi connectivity index (χ2v) is 12.0. The van der Waals surface area contributed by atoms with Crippen LogP contribution in [0.15, 0.2) is 60.0 Å². The van der Waals surface area contributed by atoms with Crippen LogP contribution in [-0.2, 0) is 4.79 Å². The minimum absolute atomic E-state index is 0.00422. The maximum absolute atomic E-state index is 15.6. The topological polar surface area (TPSA) is 125 Å². The van der Waals surface area contributed by atoms with E-state index in [9.17, 15) is 18.4 Å². The van der Waals surface area contributed by atoms with Crippen LogP contribution < -0.4 is 10.9 Å². The van der Waals surface area contributed by atoms with E-state index in [-0.39, 0.29) is 33.6 Å². The summed E-state index contributed by atoms with van der Waals surface area (Å²) in [5.41, 5.74) is 1.58. The van der Waals surface area contributed by atoms with E-state index in [2.05, 4.69) is 30.7 Å². The van der Waals surface area contributed by atoms with Crippen molar-refractivity contribution < 1.29 is 18.0 Å². The molecular weight excluding hydrogens is 623 g/mol. The molecule has 11 nitrogen and oxygen atoms in total. The van der Waals surface area contributed by atoms with Gasteiger partial charge in [0.05, 0.1) is 69.5 Å². The average Bonchev–Trinajstić information content (AvgIpc) is 3.61. The van der Waals surface area contributed by atoms with Gasteiger partial charge in [0.2, 0.25) is 5.91 Å². The molecule has 1 fully saturated rings. The van der Waals surface area contributed by atoms with Crippen molar-refractivity contribution in [3.05, 3.63) is 87.8 Å². The Bertz CT molecular complexity index is 2020. The van der Waals surface area contributed by atoms with Gasteiger partial charge in [-0.1, -0.05) is 30.2 Å². The van der Waals surface area contributed by atoms with E-state index in [0.29, 0.717) is 46.8 Å². The molecule has 0 spiro atoms. The van der Waals surface area contributed by atoms with E-state index in [1.54, 1.807) is 25.3 Å². The first-order chi connectivity index (χ1) is 22.2. The fourth-order valence-electron chi connectivity index (χ4n) is 5.82. The van der Waals surface area contributed by atoms with Gasteiger partial charge in [0.15, 0.2) is 5.82 Å². The molecule has 236 valence electrons. The Labute approximate surface area is 265 Å². The minimum atomic E-state index is -2.97. The maximum atomic E-state index is 15.6. The molecule has 1 aromatic carbocycles. The number of pyridine rings is 1. The lowest BCUT2D eigenvalue weighted by molar-refractivity contribution is -0.119. The van der Waals surface area contributed by atoms with Gasteiger partial charge in [0.1, 0.15) is 0 Å². The fraction of sp³-hybridized carbons (Fsp3) is 0.323. The Balaban J connectivity index is 1.31. The van der Waals surface area contributed by atoms with E-state index in [0.717, 1.165) is 18.5 Å². The van der Waals surface area contributed by atoms with E-state index < -0.39 is 29.9 Å². The molecule has 46 heavy (non-hydrogen) atoms. The van der Waals surface area contributed by atoms with Crippen molar-refractivity contribution in [1.29, 1.82) is 0 Å². The van der Waals surface area contributed by atoms with Gasteiger partial charge in [-0.3, -0.25) is 19.1 Å². The van der Waals surface area contributed by atoms with Crippen LogP contribution in [-0.4, -0.2) is 45.2 Å². The number of nitrogens with one attached hydrogen (secondary N) is 1. The van der Waals surface area contributed by atoms with Crippen LogP contribution in [0.25, 0.3) is 28.2 Å². The number of carbonyl (C=O) groups is 1. The number of benzene rings is 1. The Morgan fingerprint density at radius 2 is 1.87 bits per heavy atom. The average molecular weight is 650 g/mol. The molecule has 2 bridgehead atoms.